The molecule has 35 heavy (non-hydrogen) atoms. The predicted octanol–water partition coefficient (Wildman–Crippen LogP) is 4.61. The minimum absolute atomic E-state index is 0.0221. The Hall–Kier alpha value is -3.64. The van der Waals surface area contributed by atoms with E-state index in [-0.39, 0.29) is 18.4 Å². The molecule has 1 amide bonds. The third-order valence-corrected chi connectivity index (χ3v) is 6.51. The Morgan fingerprint density at radius 2 is 1.74 bits per heavy atom. The van der Waals surface area contributed by atoms with Gasteiger partial charge in [-0.1, -0.05) is 48.5 Å². The molecule has 1 saturated heterocycles. The number of aryl methyl sites for hydroxylation is 2. The summed E-state index contributed by atoms with van der Waals surface area (Å²) in [7, 11) is 0. The number of amides is 1. The normalized spacial score (nSPS) is 16.7. The van der Waals surface area contributed by atoms with Gasteiger partial charge in [-0.15, -0.1) is 0 Å². The number of carbonyl (C=O) groups is 1. The number of hydrogen-bond acceptors (Lipinski definition) is 4. The van der Waals surface area contributed by atoms with E-state index in [1.807, 2.05) is 85.5 Å². The molecular formula is C29H31N3O3. The van der Waals surface area contributed by atoms with Crippen molar-refractivity contribution in [1.29, 1.82) is 0 Å². The van der Waals surface area contributed by atoms with E-state index in [2.05, 4.69) is 10.6 Å². The zero-order valence-corrected chi connectivity index (χ0v) is 20.2. The molecule has 5 rings (SSSR count). The maximum absolute atomic E-state index is 12.8. The number of aromatic nitrogens is 2. The summed E-state index contributed by atoms with van der Waals surface area (Å²) in [5.74, 6) is 1.72. The molecule has 0 unspecified atom stereocenters. The Labute approximate surface area is 205 Å². The summed E-state index contributed by atoms with van der Waals surface area (Å²) in [5.41, 5.74) is 5.21. The highest BCUT2D eigenvalue weighted by molar-refractivity contribution is 5.81. The second kappa shape index (κ2) is 9.92. The van der Waals surface area contributed by atoms with Gasteiger partial charge in [0.2, 0.25) is 5.91 Å². The molecule has 6 heteroatoms. The molecule has 2 atom stereocenters. The van der Waals surface area contributed by atoms with Crippen LogP contribution in [0.3, 0.4) is 0 Å². The fraction of sp³-hybridized carbons (Fsp3) is 0.310. The molecule has 3 aromatic carbocycles. The zero-order valence-electron chi connectivity index (χ0n) is 20.2. The molecule has 0 radical (unpaired) electrons. The minimum Gasteiger partial charge on any atom is -0.491 e. The summed E-state index contributed by atoms with van der Waals surface area (Å²) < 4.78 is 7.97. The number of aliphatic hydroxyl groups excluding tert-OH is 1. The van der Waals surface area contributed by atoms with Crippen LogP contribution in [0.15, 0.2) is 72.8 Å². The number of ether oxygens (including phenoxy) is 1. The van der Waals surface area contributed by atoms with E-state index in [0.717, 1.165) is 39.3 Å². The van der Waals surface area contributed by atoms with Crippen molar-refractivity contribution >= 4 is 16.9 Å². The van der Waals surface area contributed by atoms with Gasteiger partial charge >= 0.3 is 0 Å². The number of carbonyl (C=O) groups excluding carboxylic acids is 1. The first-order valence-electron chi connectivity index (χ1n) is 12.1. The van der Waals surface area contributed by atoms with Crippen LogP contribution in [-0.4, -0.2) is 44.7 Å². The number of fused-ring (bicyclic) bond motifs is 1. The molecule has 0 aliphatic carbocycles. The monoisotopic (exact) mass is 469 g/mol. The van der Waals surface area contributed by atoms with Gasteiger partial charge in [0.25, 0.3) is 0 Å². The highest BCUT2D eigenvalue weighted by atomic mass is 16.5. The molecular weight excluding hydrogens is 438 g/mol. The van der Waals surface area contributed by atoms with Gasteiger partial charge in [0.1, 0.15) is 24.3 Å². The van der Waals surface area contributed by atoms with E-state index in [4.69, 9.17) is 9.72 Å². The lowest BCUT2D eigenvalue weighted by atomic mass is 10.1. The van der Waals surface area contributed by atoms with Gasteiger partial charge in [0, 0.05) is 25.4 Å². The average Bonchev–Trinajstić information content (AvgIpc) is 3.38. The maximum Gasteiger partial charge on any atom is 0.223 e. The highest BCUT2D eigenvalue weighted by Gasteiger charge is 2.34. The highest BCUT2D eigenvalue weighted by Crippen LogP contribution is 2.31. The standard InChI is InChI=1S/C29H31N3O3/c1-20-12-21(2)14-25(13-20)35-19-24(33)18-32-27-11-7-6-10-26(27)30-29(32)23-15-28(34)31(17-23)16-22-8-4-3-5-9-22/h3-14,23-24,33H,15-19H2,1-2H3/t23-,24-/m1/s1. The molecule has 1 fully saturated rings. The van der Waals surface area contributed by atoms with Gasteiger partial charge < -0.3 is 19.3 Å². The fourth-order valence-corrected chi connectivity index (χ4v) is 4.97. The predicted molar refractivity (Wildman–Crippen MR) is 136 cm³/mol. The molecule has 1 aliphatic rings. The molecule has 1 N–H and O–H groups in total. The van der Waals surface area contributed by atoms with Crippen molar-refractivity contribution in [2.45, 2.75) is 45.4 Å². The van der Waals surface area contributed by atoms with E-state index in [9.17, 15) is 9.90 Å². The summed E-state index contributed by atoms with van der Waals surface area (Å²) in [4.78, 5) is 19.6. The summed E-state index contributed by atoms with van der Waals surface area (Å²) in [5, 5.41) is 10.9. The number of likely N-dealkylation sites (tertiary alicyclic amines) is 1. The van der Waals surface area contributed by atoms with Crippen molar-refractivity contribution < 1.29 is 14.6 Å². The van der Waals surface area contributed by atoms with Crippen molar-refractivity contribution in [2.24, 2.45) is 0 Å². The second-order valence-electron chi connectivity index (χ2n) is 9.52. The number of para-hydroxylation sites is 2. The number of benzene rings is 3. The van der Waals surface area contributed by atoms with E-state index in [1.165, 1.54) is 0 Å². The number of aliphatic hydroxyl groups is 1. The summed E-state index contributed by atoms with van der Waals surface area (Å²) >= 11 is 0. The van der Waals surface area contributed by atoms with Crippen LogP contribution >= 0.6 is 0 Å². The molecule has 1 aromatic heterocycles. The number of hydrogen-bond donors (Lipinski definition) is 1. The quantitative estimate of drug-likeness (QED) is 0.409. The van der Waals surface area contributed by atoms with Crippen molar-refractivity contribution in [1.82, 2.24) is 14.5 Å². The van der Waals surface area contributed by atoms with Crippen LogP contribution in [0.1, 0.15) is 34.9 Å². The van der Waals surface area contributed by atoms with Crippen molar-refractivity contribution in [3.05, 3.63) is 95.3 Å². The minimum atomic E-state index is -0.718. The number of nitrogens with zero attached hydrogens (tertiary/aromatic N) is 3. The van der Waals surface area contributed by atoms with Crippen LogP contribution in [0.5, 0.6) is 5.75 Å². The Morgan fingerprint density at radius 1 is 1.03 bits per heavy atom. The van der Waals surface area contributed by atoms with Crippen LogP contribution in [0, 0.1) is 13.8 Å². The zero-order chi connectivity index (χ0) is 24.4. The van der Waals surface area contributed by atoms with Gasteiger partial charge in [0.15, 0.2) is 0 Å². The molecule has 6 nitrogen and oxygen atoms in total. The summed E-state index contributed by atoms with van der Waals surface area (Å²) in [6, 6.07) is 24.0. The first-order chi connectivity index (χ1) is 17.0. The lowest BCUT2D eigenvalue weighted by molar-refractivity contribution is -0.128. The first kappa shape index (κ1) is 23.1. The van der Waals surface area contributed by atoms with Gasteiger partial charge in [-0.2, -0.15) is 0 Å². The Kier molecular flexibility index (Phi) is 6.55. The number of rotatable bonds is 8. The smallest absolute Gasteiger partial charge is 0.223 e. The Bertz CT molecular complexity index is 1310. The molecule has 1 aliphatic heterocycles. The van der Waals surface area contributed by atoms with E-state index < -0.39 is 6.10 Å². The van der Waals surface area contributed by atoms with Crippen LogP contribution in [0.4, 0.5) is 0 Å². The Morgan fingerprint density at radius 3 is 2.51 bits per heavy atom. The van der Waals surface area contributed by atoms with Crippen LogP contribution in [0.25, 0.3) is 11.0 Å². The van der Waals surface area contributed by atoms with E-state index in [0.29, 0.717) is 26.1 Å². The third kappa shape index (κ3) is 5.23. The van der Waals surface area contributed by atoms with Crippen LogP contribution in [-0.2, 0) is 17.9 Å². The maximum atomic E-state index is 12.8. The Balaban J connectivity index is 1.34. The third-order valence-electron chi connectivity index (χ3n) is 6.51. The SMILES string of the molecule is Cc1cc(C)cc(OC[C@H](O)Cn2c([C@@H]3CC(=O)N(Cc4ccccc4)C3)nc3ccccc32)c1. The summed E-state index contributed by atoms with van der Waals surface area (Å²) in [6.45, 7) is 5.81. The largest absolute Gasteiger partial charge is 0.491 e. The fourth-order valence-electron chi connectivity index (χ4n) is 4.97. The van der Waals surface area contributed by atoms with Crippen molar-refractivity contribution in [3.63, 3.8) is 0 Å². The van der Waals surface area contributed by atoms with Crippen molar-refractivity contribution in [2.75, 3.05) is 13.2 Å². The molecule has 4 aromatic rings. The summed E-state index contributed by atoms with van der Waals surface area (Å²) in [6.07, 6.45) is -0.296. The van der Waals surface area contributed by atoms with Gasteiger partial charge in [-0.25, -0.2) is 4.98 Å². The van der Waals surface area contributed by atoms with Crippen LogP contribution in [0.2, 0.25) is 0 Å². The topological polar surface area (TPSA) is 67.6 Å². The molecule has 0 saturated carbocycles. The molecule has 180 valence electrons. The van der Waals surface area contributed by atoms with Gasteiger partial charge in [0.05, 0.1) is 17.6 Å². The lowest BCUT2D eigenvalue weighted by Crippen LogP contribution is -2.26. The van der Waals surface area contributed by atoms with Crippen LogP contribution < -0.4 is 4.74 Å². The van der Waals surface area contributed by atoms with E-state index in [1.54, 1.807) is 0 Å². The average molecular weight is 470 g/mol. The van der Waals surface area contributed by atoms with E-state index >= 15 is 0 Å². The van der Waals surface area contributed by atoms with Gasteiger partial charge in [-0.05, 0) is 54.8 Å². The molecule has 2 heterocycles. The first-order valence-corrected chi connectivity index (χ1v) is 12.1. The van der Waals surface area contributed by atoms with Gasteiger partial charge in [-0.3, -0.25) is 4.79 Å². The second-order valence-corrected chi connectivity index (χ2v) is 9.52. The lowest BCUT2D eigenvalue weighted by Gasteiger charge is -2.19. The molecule has 0 spiro atoms. The number of imidazole rings is 1. The molecule has 0 bridgehead atoms. The van der Waals surface area contributed by atoms with Crippen molar-refractivity contribution in [3.8, 4) is 5.75 Å².